The first kappa shape index (κ1) is 19.0. The number of rotatable bonds is 4. The fraction of sp³-hybridized carbons (Fsp3) is 0.250. The van der Waals surface area contributed by atoms with Gasteiger partial charge in [-0.2, -0.15) is 0 Å². The van der Waals surface area contributed by atoms with E-state index in [1.807, 2.05) is 72.8 Å². The first-order valence-electron chi connectivity index (χ1n) is 10.1. The number of benzene rings is 3. The molecule has 0 radical (unpaired) electrons. The van der Waals surface area contributed by atoms with Gasteiger partial charge in [0, 0.05) is 30.7 Å². The quantitative estimate of drug-likeness (QED) is 0.697. The van der Waals surface area contributed by atoms with Crippen LogP contribution in [0.1, 0.15) is 18.4 Å². The molecule has 1 saturated heterocycles. The molecule has 0 aliphatic carbocycles. The largest absolute Gasteiger partial charge is 0.334 e. The number of piperidine rings is 1. The Kier molecular flexibility index (Phi) is 5.75. The van der Waals surface area contributed by atoms with E-state index in [0.29, 0.717) is 19.6 Å². The van der Waals surface area contributed by atoms with Crippen LogP contribution in [0.2, 0.25) is 0 Å². The molecule has 3 aromatic rings. The van der Waals surface area contributed by atoms with E-state index in [1.165, 1.54) is 0 Å². The molecule has 5 nitrogen and oxygen atoms in total. The minimum Gasteiger partial charge on any atom is -0.334 e. The monoisotopic (exact) mass is 387 g/mol. The maximum absolute atomic E-state index is 12.9. The van der Waals surface area contributed by atoms with Crippen molar-refractivity contribution in [1.82, 2.24) is 10.2 Å². The van der Waals surface area contributed by atoms with E-state index < -0.39 is 0 Å². The molecule has 1 heterocycles. The lowest BCUT2D eigenvalue weighted by atomic mass is 9.97. The van der Waals surface area contributed by atoms with E-state index >= 15 is 0 Å². The van der Waals surface area contributed by atoms with Gasteiger partial charge in [0.25, 0.3) is 0 Å². The predicted octanol–water partition coefficient (Wildman–Crippen LogP) is 4.40. The normalized spacial score (nSPS) is 16.4. The Morgan fingerprint density at radius 1 is 0.931 bits per heavy atom. The number of hydrogen-bond donors (Lipinski definition) is 2. The van der Waals surface area contributed by atoms with Gasteiger partial charge in [-0.25, -0.2) is 4.79 Å². The van der Waals surface area contributed by atoms with Crippen LogP contribution < -0.4 is 10.6 Å². The van der Waals surface area contributed by atoms with E-state index in [4.69, 9.17) is 0 Å². The number of urea groups is 1. The minimum absolute atomic E-state index is 0.0260. The second-order valence-corrected chi connectivity index (χ2v) is 7.45. The molecule has 3 aromatic carbocycles. The van der Waals surface area contributed by atoms with Crippen LogP contribution in [-0.2, 0) is 11.3 Å². The van der Waals surface area contributed by atoms with E-state index in [9.17, 15) is 9.59 Å². The highest BCUT2D eigenvalue weighted by atomic mass is 16.2. The predicted molar refractivity (Wildman–Crippen MR) is 116 cm³/mol. The topological polar surface area (TPSA) is 61.4 Å². The molecule has 4 rings (SSSR count). The summed E-state index contributed by atoms with van der Waals surface area (Å²) < 4.78 is 0. The fourth-order valence-electron chi connectivity index (χ4n) is 3.83. The number of carbonyl (C=O) groups is 2. The standard InChI is InChI=1S/C24H25N3O2/c28-23(26-22-14-6-11-19-10-4-5-13-21(19)22)20-12-7-15-27(17-20)24(29)25-16-18-8-2-1-3-9-18/h1-6,8-11,13-14,20H,7,12,15-17H2,(H,25,29)(H,26,28)/t20-/m0/s1. The molecule has 0 unspecified atom stereocenters. The zero-order valence-corrected chi connectivity index (χ0v) is 16.3. The Balaban J connectivity index is 1.37. The van der Waals surface area contributed by atoms with E-state index in [1.54, 1.807) is 4.90 Å². The summed E-state index contributed by atoms with van der Waals surface area (Å²) in [6.45, 7) is 1.61. The molecule has 0 aromatic heterocycles. The van der Waals surface area contributed by atoms with E-state index in [2.05, 4.69) is 10.6 Å². The first-order chi connectivity index (χ1) is 14.2. The van der Waals surface area contributed by atoms with Crippen molar-refractivity contribution in [2.75, 3.05) is 18.4 Å². The smallest absolute Gasteiger partial charge is 0.317 e. The average molecular weight is 387 g/mol. The van der Waals surface area contributed by atoms with Gasteiger partial charge in [0.15, 0.2) is 0 Å². The molecule has 3 amide bonds. The molecule has 1 fully saturated rings. The van der Waals surface area contributed by atoms with Gasteiger partial charge in [0.1, 0.15) is 0 Å². The Morgan fingerprint density at radius 2 is 1.69 bits per heavy atom. The van der Waals surface area contributed by atoms with Crippen LogP contribution in [0.25, 0.3) is 10.8 Å². The van der Waals surface area contributed by atoms with Gasteiger partial charge in [-0.3, -0.25) is 4.79 Å². The average Bonchev–Trinajstić information content (AvgIpc) is 2.78. The summed E-state index contributed by atoms with van der Waals surface area (Å²) >= 11 is 0. The number of hydrogen-bond acceptors (Lipinski definition) is 2. The van der Waals surface area contributed by atoms with E-state index in [-0.39, 0.29) is 17.9 Å². The summed E-state index contributed by atoms with van der Waals surface area (Å²) in [4.78, 5) is 27.2. The van der Waals surface area contributed by atoms with Crippen LogP contribution in [0, 0.1) is 5.92 Å². The lowest BCUT2D eigenvalue weighted by Crippen LogP contribution is -2.47. The Morgan fingerprint density at radius 3 is 2.55 bits per heavy atom. The van der Waals surface area contributed by atoms with Gasteiger partial charge in [-0.1, -0.05) is 66.7 Å². The fourth-order valence-corrected chi connectivity index (χ4v) is 3.83. The molecule has 148 valence electrons. The lowest BCUT2D eigenvalue weighted by Gasteiger charge is -2.32. The second kappa shape index (κ2) is 8.78. The SMILES string of the molecule is O=C(Nc1cccc2ccccc12)[C@H]1CCCN(C(=O)NCc2ccccc2)C1. The van der Waals surface area contributed by atoms with Crippen molar-refractivity contribution >= 4 is 28.4 Å². The van der Waals surface area contributed by atoms with Crippen LogP contribution in [0.5, 0.6) is 0 Å². The molecule has 0 saturated carbocycles. The van der Waals surface area contributed by atoms with Gasteiger partial charge in [0.05, 0.1) is 5.92 Å². The highest BCUT2D eigenvalue weighted by Crippen LogP contribution is 2.25. The Bertz CT molecular complexity index is 998. The van der Waals surface area contributed by atoms with E-state index in [0.717, 1.165) is 34.9 Å². The number of amides is 3. The summed E-state index contributed by atoms with van der Waals surface area (Å²) in [5.41, 5.74) is 1.88. The van der Waals surface area contributed by atoms with Crippen molar-refractivity contribution in [3.63, 3.8) is 0 Å². The number of nitrogens with one attached hydrogen (secondary N) is 2. The van der Waals surface area contributed by atoms with Gasteiger partial charge < -0.3 is 15.5 Å². The summed E-state index contributed by atoms with van der Waals surface area (Å²) in [5.74, 6) is -0.230. The minimum atomic E-state index is -0.204. The van der Waals surface area contributed by atoms with Crippen molar-refractivity contribution in [2.24, 2.45) is 5.92 Å². The molecule has 1 aliphatic rings. The van der Waals surface area contributed by atoms with Crippen LogP contribution in [0.3, 0.4) is 0 Å². The van der Waals surface area contributed by atoms with Crippen molar-refractivity contribution < 1.29 is 9.59 Å². The molecule has 1 aliphatic heterocycles. The first-order valence-corrected chi connectivity index (χ1v) is 10.1. The molecule has 2 N–H and O–H groups in total. The number of fused-ring (bicyclic) bond motifs is 1. The Hall–Kier alpha value is -3.34. The van der Waals surface area contributed by atoms with Crippen LogP contribution in [-0.4, -0.2) is 29.9 Å². The zero-order valence-electron chi connectivity index (χ0n) is 16.3. The van der Waals surface area contributed by atoms with Gasteiger partial charge in [-0.15, -0.1) is 0 Å². The number of nitrogens with zero attached hydrogens (tertiary/aromatic N) is 1. The second-order valence-electron chi connectivity index (χ2n) is 7.45. The van der Waals surface area contributed by atoms with Crippen molar-refractivity contribution in [2.45, 2.75) is 19.4 Å². The Labute approximate surface area is 170 Å². The number of anilines is 1. The molecule has 0 spiro atoms. The summed E-state index contributed by atoms with van der Waals surface area (Å²) in [6.07, 6.45) is 1.62. The third kappa shape index (κ3) is 4.57. The maximum atomic E-state index is 12.9. The van der Waals surface area contributed by atoms with Gasteiger partial charge in [0.2, 0.25) is 5.91 Å². The maximum Gasteiger partial charge on any atom is 0.317 e. The number of likely N-dealkylation sites (tertiary alicyclic amines) is 1. The van der Waals surface area contributed by atoms with Crippen LogP contribution in [0.4, 0.5) is 10.5 Å². The summed E-state index contributed by atoms with van der Waals surface area (Å²) in [6, 6.07) is 23.6. The van der Waals surface area contributed by atoms with Crippen LogP contribution in [0.15, 0.2) is 72.8 Å². The molecule has 0 bridgehead atoms. The van der Waals surface area contributed by atoms with Crippen molar-refractivity contribution in [3.8, 4) is 0 Å². The third-order valence-electron chi connectivity index (χ3n) is 5.41. The third-order valence-corrected chi connectivity index (χ3v) is 5.41. The van der Waals surface area contributed by atoms with Crippen molar-refractivity contribution in [3.05, 3.63) is 78.4 Å². The summed E-state index contributed by atoms with van der Waals surface area (Å²) in [7, 11) is 0. The zero-order chi connectivity index (χ0) is 20.1. The molecular formula is C24H25N3O2. The molecular weight excluding hydrogens is 362 g/mol. The molecule has 29 heavy (non-hydrogen) atoms. The van der Waals surface area contributed by atoms with Crippen LogP contribution >= 0.6 is 0 Å². The highest BCUT2D eigenvalue weighted by molar-refractivity contribution is 6.03. The molecule has 1 atom stereocenters. The van der Waals surface area contributed by atoms with Crippen molar-refractivity contribution in [1.29, 1.82) is 0 Å². The van der Waals surface area contributed by atoms with Gasteiger partial charge >= 0.3 is 6.03 Å². The lowest BCUT2D eigenvalue weighted by molar-refractivity contribution is -0.121. The number of carbonyl (C=O) groups excluding carboxylic acids is 2. The summed E-state index contributed by atoms with van der Waals surface area (Å²) in [5, 5.41) is 8.15. The molecule has 5 heteroatoms. The van der Waals surface area contributed by atoms with Gasteiger partial charge in [-0.05, 0) is 29.9 Å². The highest BCUT2D eigenvalue weighted by Gasteiger charge is 2.28.